The minimum absolute atomic E-state index is 0.357. The lowest BCUT2D eigenvalue weighted by atomic mass is 10.1. The monoisotopic (exact) mass is 264 g/mol. The summed E-state index contributed by atoms with van der Waals surface area (Å²) < 4.78 is 5.90. The van der Waals surface area contributed by atoms with Crippen molar-refractivity contribution in [3.63, 3.8) is 0 Å². The number of hydrogen-bond donors (Lipinski definition) is 1. The SMILES string of the molecule is C1Cc2nc(C(NC3CC3)C3CCCO3)sc2C1. The van der Waals surface area contributed by atoms with Crippen molar-refractivity contribution in [2.45, 2.75) is 63.1 Å². The quantitative estimate of drug-likeness (QED) is 0.907. The molecule has 0 radical (unpaired) electrons. The van der Waals surface area contributed by atoms with E-state index in [4.69, 9.17) is 9.72 Å². The predicted molar refractivity (Wildman–Crippen MR) is 72.0 cm³/mol. The first-order valence-electron chi connectivity index (χ1n) is 7.26. The Kier molecular flexibility index (Phi) is 2.90. The molecule has 2 heterocycles. The third-order valence-electron chi connectivity index (χ3n) is 4.21. The van der Waals surface area contributed by atoms with Gasteiger partial charge >= 0.3 is 0 Å². The molecule has 1 aliphatic heterocycles. The van der Waals surface area contributed by atoms with Crippen molar-refractivity contribution in [1.29, 1.82) is 0 Å². The molecule has 2 fully saturated rings. The summed E-state index contributed by atoms with van der Waals surface area (Å²) in [7, 11) is 0. The molecule has 3 aliphatic rings. The fourth-order valence-electron chi connectivity index (χ4n) is 3.05. The molecule has 4 rings (SSSR count). The number of nitrogens with one attached hydrogen (secondary N) is 1. The zero-order valence-corrected chi connectivity index (χ0v) is 11.5. The van der Waals surface area contributed by atoms with E-state index in [2.05, 4.69) is 5.32 Å². The molecule has 18 heavy (non-hydrogen) atoms. The van der Waals surface area contributed by atoms with E-state index in [1.807, 2.05) is 11.3 Å². The fourth-order valence-corrected chi connectivity index (χ4v) is 4.32. The number of ether oxygens (including phenoxy) is 1. The molecule has 1 aromatic heterocycles. The zero-order chi connectivity index (χ0) is 11.9. The minimum atomic E-state index is 0.357. The lowest BCUT2D eigenvalue weighted by molar-refractivity contribution is 0.0774. The summed E-state index contributed by atoms with van der Waals surface area (Å²) in [6, 6.07) is 1.08. The zero-order valence-electron chi connectivity index (χ0n) is 10.7. The van der Waals surface area contributed by atoms with Gasteiger partial charge in [0.25, 0.3) is 0 Å². The van der Waals surface area contributed by atoms with Crippen molar-refractivity contribution in [2.75, 3.05) is 6.61 Å². The Morgan fingerprint density at radius 1 is 1.22 bits per heavy atom. The number of aryl methyl sites for hydroxylation is 2. The van der Waals surface area contributed by atoms with Crippen molar-refractivity contribution < 1.29 is 4.74 Å². The molecule has 98 valence electrons. The van der Waals surface area contributed by atoms with E-state index in [1.165, 1.54) is 60.5 Å². The topological polar surface area (TPSA) is 34.2 Å². The van der Waals surface area contributed by atoms with Crippen LogP contribution in [0, 0.1) is 0 Å². The maximum absolute atomic E-state index is 5.90. The van der Waals surface area contributed by atoms with Crippen LogP contribution in [0.5, 0.6) is 0 Å². The van der Waals surface area contributed by atoms with Gasteiger partial charge in [0, 0.05) is 17.5 Å². The van der Waals surface area contributed by atoms with Crippen LogP contribution in [-0.4, -0.2) is 23.7 Å². The van der Waals surface area contributed by atoms with Crippen LogP contribution in [0.15, 0.2) is 0 Å². The van der Waals surface area contributed by atoms with Crippen molar-refractivity contribution in [1.82, 2.24) is 10.3 Å². The summed E-state index contributed by atoms with van der Waals surface area (Å²) >= 11 is 1.93. The molecule has 2 unspecified atom stereocenters. The van der Waals surface area contributed by atoms with Gasteiger partial charge in [-0.1, -0.05) is 0 Å². The molecule has 3 nitrogen and oxygen atoms in total. The molecule has 0 aromatic carbocycles. The van der Waals surface area contributed by atoms with Crippen LogP contribution in [0.25, 0.3) is 0 Å². The Hall–Kier alpha value is -0.450. The highest BCUT2D eigenvalue weighted by atomic mass is 32.1. The van der Waals surface area contributed by atoms with Crippen LogP contribution in [0.3, 0.4) is 0 Å². The number of rotatable bonds is 4. The maximum atomic E-state index is 5.90. The first-order chi connectivity index (χ1) is 8.90. The summed E-state index contributed by atoms with van der Waals surface area (Å²) in [5.74, 6) is 0. The normalized spacial score (nSPS) is 28.6. The lowest BCUT2D eigenvalue weighted by Gasteiger charge is -2.22. The van der Waals surface area contributed by atoms with E-state index >= 15 is 0 Å². The van der Waals surface area contributed by atoms with E-state index in [-0.39, 0.29) is 0 Å². The molecule has 2 aliphatic carbocycles. The number of nitrogens with zero attached hydrogens (tertiary/aromatic N) is 1. The van der Waals surface area contributed by atoms with E-state index < -0.39 is 0 Å². The van der Waals surface area contributed by atoms with Gasteiger partial charge in [-0.05, 0) is 44.9 Å². The largest absolute Gasteiger partial charge is 0.376 e. The Bertz CT molecular complexity index is 414. The van der Waals surface area contributed by atoms with Gasteiger partial charge in [0.2, 0.25) is 0 Å². The van der Waals surface area contributed by atoms with Crippen molar-refractivity contribution in [3.8, 4) is 0 Å². The molecular formula is C14H20N2OS. The lowest BCUT2D eigenvalue weighted by Crippen LogP contribution is -2.33. The van der Waals surface area contributed by atoms with Gasteiger partial charge < -0.3 is 10.1 Å². The number of aromatic nitrogens is 1. The van der Waals surface area contributed by atoms with Crippen LogP contribution < -0.4 is 5.32 Å². The van der Waals surface area contributed by atoms with Gasteiger partial charge in [-0.25, -0.2) is 4.98 Å². The average Bonchev–Trinajstić information content (AvgIpc) is 2.84. The first-order valence-corrected chi connectivity index (χ1v) is 8.08. The van der Waals surface area contributed by atoms with Crippen molar-refractivity contribution in [3.05, 3.63) is 15.6 Å². The molecule has 1 saturated carbocycles. The summed E-state index contributed by atoms with van der Waals surface area (Å²) in [5.41, 5.74) is 1.37. The van der Waals surface area contributed by atoms with Gasteiger partial charge in [-0.15, -0.1) is 11.3 Å². The molecule has 4 heteroatoms. The first kappa shape index (κ1) is 11.4. The second-order valence-corrected chi connectivity index (χ2v) is 6.86. The molecule has 2 atom stereocenters. The van der Waals surface area contributed by atoms with E-state index in [1.54, 1.807) is 0 Å². The van der Waals surface area contributed by atoms with Crippen LogP contribution in [-0.2, 0) is 17.6 Å². The summed E-state index contributed by atoms with van der Waals surface area (Å²) in [6.45, 7) is 0.929. The van der Waals surface area contributed by atoms with Gasteiger partial charge in [0.1, 0.15) is 5.01 Å². The molecule has 1 saturated heterocycles. The average molecular weight is 264 g/mol. The number of thiazole rings is 1. The maximum Gasteiger partial charge on any atom is 0.113 e. The Labute approximate surface area is 112 Å². The van der Waals surface area contributed by atoms with Gasteiger partial charge in [-0.3, -0.25) is 0 Å². The molecule has 1 N–H and O–H groups in total. The fraction of sp³-hybridized carbons (Fsp3) is 0.786. The molecule has 1 aromatic rings. The number of fused-ring (bicyclic) bond motifs is 1. The van der Waals surface area contributed by atoms with Gasteiger partial charge in [-0.2, -0.15) is 0 Å². The standard InChI is InChI=1S/C14H20N2OS/c1-3-10-12(5-1)18-14(16-10)13(15-9-6-7-9)11-4-2-8-17-11/h9,11,13,15H,1-8H2. The Morgan fingerprint density at radius 3 is 2.89 bits per heavy atom. The Balaban J connectivity index is 1.58. The highest BCUT2D eigenvalue weighted by molar-refractivity contribution is 7.11. The van der Waals surface area contributed by atoms with Crippen LogP contribution in [0.4, 0.5) is 0 Å². The molecule has 0 amide bonds. The van der Waals surface area contributed by atoms with Crippen LogP contribution >= 0.6 is 11.3 Å². The highest BCUT2D eigenvalue weighted by Gasteiger charge is 2.35. The minimum Gasteiger partial charge on any atom is -0.376 e. The molecular weight excluding hydrogens is 244 g/mol. The van der Waals surface area contributed by atoms with E-state index in [0.717, 1.165) is 12.6 Å². The smallest absolute Gasteiger partial charge is 0.113 e. The van der Waals surface area contributed by atoms with Crippen LogP contribution in [0.2, 0.25) is 0 Å². The van der Waals surface area contributed by atoms with Crippen molar-refractivity contribution in [2.24, 2.45) is 0 Å². The van der Waals surface area contributed by atoms with Gasteiger partial charge in [0.05, 0.1) is 17.8 Å². The Morgan fingerprint density at radius 2 is 2.17 bits per heavy atom. The van der Waals surface area contributed by atoms with Crippen LogP contribution in [0.1, 0.15) is 53.7 Å². The third-order valence-corrected chi connectivity index (χ3v) is 5.45. The second-order valence-electron chi connectivity index (χ2n) is 5.75. The van der Waals surface area contributed by atoms with Gasteiger partial charge in [0.15, 0.2) is 0 Å². The highest BCUT2D eigenvalue weighted by Crippen LogP contribution is 2.36. The predicted octanol–water partition coefficient (Wildman–Crippen LogP) is 2.60. The number of hydrogen-bond acceptors (Lipinski definition) is 4. The third kappa shape index (κ3) is 2.10. The second kappa shape index (κ2) is 4.58. The van der Waals surface area contributed by atoms with E-state index in [0.29, 0.717) is 12.1 Å². The summed E-state index contributed by atoms with van der Waals surface area (Å²) in [5, 5.41) is 5.05. The van der Waals surface area contributed by atoms with Crippen molar-refractivity contribution >= 4 is 11.3 Å². The summed E-state index contributed by atoms with van der Waals surface area (Å²) in [6.07, 6.45) is 9.14. The summed E-state index contributed by atoms with van der Waals surface area (Å²) in [4.78, 5) is 6.43. The molecule has 0 bridgehead atoms. The molecule has 0 spiro atoms. The van der Waals surface area contributed by atoms with E-state index in [9.17, 15) is 0 Å².